The minimum absolute atomic E-state index is 0.247. The summed E-state index contributed by atoms with van der Waals surface area (Å²) in [6, 6.07) is 1.98. The predicted molar refractivity (Wildman–Crippen MR) is 63.9 cm³/mol. The zero-order chi connectivity index (χ0) is 10.8. The Morgan fingerprint density at radius 2 is 2.20 bits per heavy atom. The molecule has 0 bridgehead atoms. The third-order valence-electron chi connectivity index (χ3n) is 2.33. The van der Waals surface area contributed by atoms with Gasteiger partial charge in [-0.15, -0.1) is 5.10 Å². The highest BCUT2D eigenvalue weighted by molar-refractivity contribution is 9.10. The highest BCUT2D eigenvalue weighted by atomic mass is 79.9. The fraction of sp³-hybridized carbons (Fsp3) is 0.300. The number of rotatable bonds is 1. The van der Waals surface area contributed by atoms with Crippen molar-refractivity contribution >= 4 is 27.5 Å². The van der Waals surface area contributed by atoms with Crippen LogP contribution in [-0.2, 0) is 0 Å². The molecule has 1 unspecified atom stereocenters. The highest BCUT2D eigenvalue weighted by Crippen LogP contribution is 2.17. The summed E-state index contributed by atoms with van der Waals surface area (Å²) in [5, 5.41) is 8.03. The van der Waals surface area contributed by atoms with Gasteiger partial charge in [-0.1, -0.05) is 6.92 Å². The van der Waals surface area contributed by atoms with Gasteiger partial charge in [0.15, 0.2) is 0 Å². The second-order valence-corrected chi connectivity index (χ2v) is 4.48. The van der Waals surface area contributed by atoms with Gasteiger partial charge in [-0.05, 0) is 22.0 Å². The maximum absolute atomic E-state index is 5.67. The van der Waals surface area contributed by atoms with Crippen LogP contribution in [0.25, 0.3) is 0 Å². The van der Waals surface area contributed by atoms with E-state index in [0.717, 1.165) is 22.2 Å². The molecule has 15 heavy (non-hydrogen) atoms. The number of amidine groups is 1. The summed E-state index contributed by atoms with van der Waals surface area (Å²) >= 11 is 3.38. The van der Waals surface area contributed by atoms with Crippen LogP contribution in [-0.4, -0.2) is 16.5 Å². The molecule has 0 spiro atoms. The van der Waals surface area contributed by atoms with E-state index in [0.29, 0.717) is 5.84 Å². The van der Waals surface area contributed by atoms with Crippen LogP contribution in [0.3, 0.4) is 0 Å². The average molecular weight is 267 g/mol. The molecule has 1 atom stereocenters. The molecule has 0 saturated heterocycles. The number of hydrogen-bond donors (Lipinski definition) is 1. The molecule has 2 heterocycles. The summed E-state index contributed by atoms with van der Waals surface area (Å²) in [4.78, 5) is 4.10. The summed E-state index contributed by atoms with van der Waals surface area (Å²) in [6.45, 7) is 2.04. The number of hydrogen-bond acceptors (Lipinski definition) is 4. The van der Waals surface area contributed by atoms with E-state index in [1.807, 2.05) is 13.0 Å². The summed E-state index contributed by atoms with van der Waals surface area (Å²) in [7, 11) is 0. The van der Waals surface area contributed by atoms with Crippen LogP contribution in [0, 0.1) is 5.92 Å². The fourth-order valence-electron chi connectivity index (χ4n) is 1.40. The SMILES string of the molecule is CC1CC(c2cncc(Br)c2)=NN=C1N. The number of nitrogens with two attached hydrogens (primary N) is 1. The molecule has 0 fully saturated rings. The molecule has 2 rings (SSSR count). The summed E-state index contributed by atoms with van der Waals surface area (Å²) < 4.78 is 0.942. The van der Waals surface area contributed by atoms with Gasteiger partial charge >= 0.3 is 0 Å². The minimum atomic E-state index is 0.247. The van der Waals surface area contributed by atoms with E-state index >= 15 is 0 Å². The Kier molecular flexibility index (Phi) is 2.81. The first kappa shape index (κ1) is 10.3. The van der Waals surface area contributed by atoms with Crippen molar-refractivity contribution in [1.82, 2.24) is 4.98 Å². The molecule has 1 aromatic heterocycles. The van der Waals surface area contributed by atoms with Gasteiger partial charge < -0.3 is 5.73 Å². The predicted octanol–water partition coefficient (Wildman–Crippen LogP) is 1.95. The van der Waals surface area contributed by atoms with Crippen molar-refractivity contribution in [2.24, 2.45) is 21.9 Å². The fourth-order valence-corrected chi connectivity index (χ4v) is 1.76. The molecule has 0 aliphatic carbocycles. The van der Waals surface area contributed by atoms with Crippen molar-refractivity contribution in [3.8, 4) is 0 Å². The number of halogens is 1. The molecule has 1 aliphatic heterocycles. The molecule has 78 valence electrons. The zero-order valence-corrected chi connectivity index (χ0v) is 9.90. The lowest BCUT2D eigenvalue weighted by Gasteiger charge is -2.15. The largest absolute Gasteiger partial charge is 0.385 e. The van der Waals surface area contributed by atoms with Crippen LogP contribution in [0.5, 0.6) is 0 Å². The van der Waals surface area contributed by atoms with Gasteiger partial charge in [0.2, 0.25) is 0 Å². The Morgan fingerprint density at radius 1 is 1.40 bits per heavy atom. The van der Waals surface area contributed by atoms with E-state index in [9.17, 15) is 0 Å². The lowest BCUT2D eigenvalue weighted by atomic mass is 9.98. The van der Waals surface area contributed by atoms with Crippen molar-refractivity contribution in [3.05, 3.63) is 28.5 Å². The maximum atomic E-state index is 5.67. The monoisotopic (exact) mass is 266 g/mol. The Bertz CT molecular complexity index is 439. The Hall–Kier alpha value is -1.23. The van der Waals surface area contributed by atoms with E-state index in [-0.39, 0.29) is 5.92 Å². The van der Waals surface area contributed by atoms with E-state index in [1.165, 1.54) is 0 Å². The third-order valence-corrected chi connectivity index (χ3v) is 2.76. The van der Waals surface area contributed by atoms with Gasteiger partial charge in [0, 0.05) is 34.8 Å². The zero-order valence-electron chi connectivity index (χ0n) is 8.31. The van der Waals surface area contributed by atoms with E-state index in [4.69, 9.17) is 5.73 Å². The normalized spacial score (nSPS) is 20.8. The van der Waals surface area contributed by atoms with Crippen LogP contribution in [0.4, 0.5) is 0 Å². The molecule has 2 N–H and O–H groups in total. The van der Waals surface area contributed by atoms with Gasteiger partial charge in [0.05, 0.1) is 5.71 Å². The molecule has 0 radical (unpaired) electrons. The minimum Gasteiger partial charge on any atom is -0.385 e. The van der Waals surface area contributed by atoms with Gasteiger partial charge in [0.1, 0.15) is 5.84 Å². The molecule has 0 aromatic carbocycles. The van der Waals surface area contributed by atoms with Crippen LogP contribution < -0.4 is 5.73 Å². The Labute approximate surface area is 96.4 Å². The quantitative estimate of drug-likeness (QED) is 0.845. The van der Waals surface area contributed by atoms with E-state index in [2.05, 4.69) is 31.1 Å². The molecular formula is C10H11BrN4. The summed E-state index contributed by atoms with van der Waals surface area (Å²) in [5.74, 6) is 0.846. The molecule has 0 amide bonds. The third kappa shape index (κ3) is 2.23. The Morgan fingerprint density at radius 3 is 2.87 bits per heavy atom. The van der Waals surface area contributed by atoms with Crippen LogP contribution >= 0.6 is 15.9 Å². The van der Waals surface area contributed by atoms with E-state index in [1.54, 1.807) is 12.4 Å². The molecule has 4 nitrogen and oxygen atoms in total. The number of nitrogens with zero attached hydrogens (tertiary/aromatic N) is 3. The lowest BCUT2D eigenvalue weighted by molar-refractivity contribution is 0.779. The highest BCUT2D eigenvalue weighted by Gasteiger charge is 2.17. The first-order valence-corrected chi connectivity index (χ1v) is 5.47. The molecule has 1 aliphatic rings. The van der Waals surface area contributed by atoms with Crippen LogP contribution in [0.2, 0.25) is 0 Å². The van der Waals surface area contributed by atoms with Crippen molar-refractivity contribution in [2.45, 2.75) is 13.3 Å². The average Bonchev–Trinajstić information content (AvgIpc) is 2.22. The Balaban J connectivity index is 2.33. The first-order valence-electron chi connectivity index (χ1n) is 4.67. The summed E-state index contributed by atoms with van der Waals surface area (Å²) in [6.07, 6.45) is 4.34. The number of aromatic nitrogens is 1. The standard InChI is InChI=1S/C10H11BrN4/c1-6-2-9(14-15-10(6)12)7-3-8(11)5-13-4-7/h3-6H,2H2,1H3,(H2,12,15). The van der Waals surface area contributed by atoms with Gasteiger partial charge in [-0.3, -0.25) is 4.98 Å². The number of pyridine rings is 1. The van der Waals surface area contributed by atoms with Gasteiger partial charge in [-0.2, -0.15) is 5.10 Å². The summed E-state index contributed by atoms with van der Waals surface area (Å²) in [5.41, 5.74) is 7.60. The van der Waals surface area contributed by atoms with Crippen molar-refractivity contribution < 1.29 is 0 Å². The van der Waals surface area contributed by atoms with Crippen LogP contribution in [0.1, 0.15) is 18.9 Å². The topological polar surface area (TPSA) is 63.6 Å². The second kappa shape index (κ2) is 4.10. The molecular weight excluding hydrogens is 256 g/mol. The lowest BCUT2D eigenvalue weighted by Crippen LogP contribution is -2.26. The van der Waals surface area contributed by atoms with E-state index < -0.39 is 0 Å². The van der Waals surface area contributed by atoms with Crippen LogP contribution in [0.15, 0.2) is 33.1 Å². The van der Waals surface area contributed by atoms with Gasteiger partial charge in [0.25, 0.3) is 0 Å². The van der Waals surface area contributed by atoms with Crippen molar-refractivity contribution in [2.75, 3.05) is 0 Å². The van der Waals surface area contributed by atoms with Crippen molar-refractivity contribution in [3.63, 3.8) is 0 Å². The maximum Gasteiger partial charge on any atom is 0.125 e. The molecule has 5 heteroatoms. The molecule has 1 aromatic rings. The second-order valence-electron chi connectivity index (χ2n) is 3.57. The smallest absolute Gasteiger partial charge is 0.125 e. The van der Waals surface area contributed by atoms with Crippen molar-refractivity contribution in [1.29, 1.82) is 0 Å². The molecule has 0 saturated carbocycles. The van der Waals surface area contributed by atoms with Gasteiger partial charge in [-0.25, -0.2) is 0 Å². The first-order chi connectivity index (χ1) is 7.16.